The van der Waals surface area contributed by atoms with Gasteiger partial charge in [0, 0.05) is 23.3 Å². The number of hydrazine groups is 1. The van der Waals surface area contributed by atoms with E-state index < -0.39 is 0 Å². The van der Waals surface area contributed by atoms with Gasteiger partial charge >= 0.3 is 0 Å². The number of hydrogen-bond acceptors (Lipinski definition) is 4. The van der Waals surface area contributed by atoms with Crippen molar-refractivity contribution in [2.24, 2.45) is 5.84 Å². The predicted octanol–water partition coefficient (Wildman–Crippen LogP) is 1.35. The van der Waals surface area contributed by atoms with Crippen LogP contribution in [0.5, 0.6) is 0 Å². The first-order chi connectivity index (χ1) is 8.77. The lowest BCUT2D eigenvalue weighted by Crippen LogP contribution is -2.48. The van der Waals surface area contributed by atoms with Gasteiger partial charge in [-0.05, 0) is 58.6 Å². The molecule has 0 aliphatic rings. The second-order valence-electron chi connectivity index (χ2n) is 5.56. The zero-order chi connectivity index (χ0) is 14.6. The zero-order valence-electron chi connectivity index (χ0n) is 12.4. The van der Waals surface area contributed by atoms with Crippen molar-refractivity contribution in [1.82, 2.24) is 10.2 Å². The number of likely N-dealkylation sites (N-methyl/N-ethyl adjacent to an activating group) is 1. The number of anilines is 1. The van der Waals surface area contributed by atoms with Crippen LogP contribution in [0.2, 0.25) is 0 Å². The molecule has 106 valence electrons. The molecule has 0 atom stereocenters. The van der Waals surface area contributed by atoms with Crippen LogP contribution in [0.3, 0.4) is 0 Å². The van der Waals surface area contributed by atoms with Gasteiger partial charge in [0.1, 0.15) is 0 Å². The summed E-state index contributed by atoms with van der Waals surface area (Å²) >= 11 is 0. The molecule has 4 N–H and O–H groups in total. The van der Waals surface area contributed by atoms with Crippen molar-refractivity contribution in [2.75, 3.05) is 26.1 Å². The van der Waals surface area contributed by atoms with E-state index in [2.05, 4.69) is 29.5 Å². The van der Waals surface area contributed by atoms with E-state index in [0.29, 0.717) is 12.1 Å². The highest BCUT2D eigenvalue weighted by molar-refractivity contribution is 5.96. The predicted molar refractivity (Wildman–Crippen MR) is 79.1 cm³/mol. The molecule has 0 aliphatic carbocycles. The minimum absolute atomic E-state index is 0.0593. The Labute approximate surface area is 115 Å². The van der Waals surface area contributed by atoms with Crippen LogP contribution in [-0.2, 0) is 0 Å². The van der Waals surface area contributed by atoms with Gasteiger partial charge in [0.2, 0.25) is 0 Å². The molecule has 0 fully saturated rings. The third-order valence-electron chi connectivity index (χ3n) is 3.53. The standard InChI is InChI=1S/C14H24N4O/c1-10-8-11(17-15)6-7-12(10)13(19)16-9-14(2,3)18(4)5/h6-8,17H,9,15H2,1-5H3,(H,16,19). The Bertz CT molecular complexity index is 455. The smallest absolute Gasteiger partial charge is 0.251 e. The summed E-state index contributed by atoms with van der Waals surface area (Å²) in [6, 6.07) is 5.42. The maximum Gasteiger partial charge on any atom is 0.251 e. The van der Waals surface area contributed by atoms with Crippen molar-refractivity contribution in [1.29, 1.82) is 0 Å². The SMILES string of the molecule is Cc1cc(NN)ccc1C(=O)NCC(C)(C)N(C)C. The Kier molecular flexibility index (Phi) is 4.91. The van der Waals surface area contributed by atoms with Gasteiger partial charge in [-0.1, -0.05) is 0 Å². The third-order valence-corrected chi connectivity index (χ3v) is 3.53. The lowest BCUT2D eigenvalue weighted by atomic mass is 10.0. The largest absolute Gasteiger partial charge is 0.350 e. The molecule has 0 saturated heterocycles. The van der Waals surface area contributed by atoms with Crippen molar-refractivity contribution in [3.05, 3.63) is 29.3 Å². The molecule has 5 heteroatoms. The van der Waals surface area contributed by atoms with Gasteiger partial charge in [-0.3, -0.25) is 10.6 Å². The fourth-order valence-corrected chi connectivity index (χ4v) is 1.56. The summed E-state index contributed by atoms with van der Waals surface area (Å²) in [5.74, 6) is 5.28. The van der Waals surface area contributed by atoms with Crippen molar-refractivity contribution in [3.63, 3.8) is 0 Å². The summed E-state index contributed by atoms with van der Waals surface area (Å²) in [5.41, 5.74) is 4.85. The summed E-state index contributed by atoms with van der Waals surface area (Å²) in [4.78, 5) is 14.2. The zero-order valence-corrected chi connectivity index (χ0v) is 12.4. The number of carbonyl (C=O) groups excluding carboxylic acids is 1. The average molecular weight is 264 g/mol. The number of rotatable bonds is 5. The molecule has 0 saturated carbocycles. The van der Waals surface area contributed by atoms with Crippen LogP contribution in [0, 0.1) is 6.92 Å². The van der Waals surface area contributed by atoms with Gasteiger partial charge < -0.3 is 15.6 Å². The van der Waals surface area contributed by atoms with Crippen LogP contribution in [0.1, 0.15) is 29.8 Å². The second-order valence-corrected chi connectivity index (χ2v) is 5.56. The van der Waals surface area contributed by atoms with E-state index in [0.717, 1.165) is 11.3 Å². The van der Waals surface area contributed by atoms with E-state index in [1.54, 1.807) is 12.1 Å². The van der Waals surface area contributed by atoms with Crippen molar-refractivity contribution >= 4 is 11.6 Å². The molecule has 1 amide bonds. The number of carbonyl (C=O) groups is 1. The highest BCUT2D eigenvalue weighted by atomic mass is 16.1. The van der Waals surface area contributed by atoms with Gasteiger partial charge in [-0.2, -0.15) is 0 Å². The van der Waals surface area contributed by atoms with E-state index in [4.69, 9.17) is 5.84 Å². The molecule has 0 bridgehead atoms. The first-order valence-corrected chi connectivity index (χ1v) is 6.31. The summed E-state index contributed by atoms with van der Waals surface area (Å²) < 4.78 is 0. The minimum atomic E-state index is -0.0810. The number of nitrogen functional groups attached to an aromatic ring is 1. The first-order valence-electron chi connectivity index (χ1n) is 6.31. The Hall–Kier alpha value is -1.59. The summed E-state index contributed by atoms with van der Waals surface area (Å²) in [6.07, 6.45) is 0. The molecular weight excluding hydrogens is 240 g/mol. The number of hydrogen-bond donors (Lipinski definition) is 3. The van der Waals surface area contributed by atoms with Crippen LogP contribution in [-0.4, -0.2) is 37.0 Å². The molecule has 1 aromatic carbocycles. The van der Waals surface area contributed by atoms with Crippen molar-refractivity contribution in [3.8, 4) is 0 Å². The van der Waals surface area contributed by atoms with Gasteiger partial charge in [0.15, 0.2) is 0 Å². The molecule has 19 heavy (non-hydrogen) atoms. The lowest BCUT2D eigenvalue weighted by Gasteiger charge is -2.32. The lowest BCUT2D eigenvalue weighted by molar-refractivity contribution is 0.0919. The minimum Gasteiger partial charge on any atom is -0.350 e. The Balaban J connectivity index is 2.74. The Morgan fingerprint density at radius 3 is 2.47 bits per heavy atom. The van der Waals surface area contributed by atoms with E-state index in [1.807, 2.05) is 27.1 Å². The number of nitrogens with zero attached hydrogens (tertiary/aromatic N) is 1. The second kappa shape index (κ2) is 6.04. The third kappa shape index (κ3) is 3.94. The molecule has 0 radical (unpaired) electrons. The fraction of sp³-hybridized carbons (Fsp3) is 0.500. The molecule has 5 nitrogen and oxygen atoms in total. The average Bonchev–Trinajstić information content (AvgIpc) is 2.35. The number of nitrogens with two attached hydrogens (primary N) is 1. The number of aryl methyl sites for hydroxylation is 1. The quantitative estimate of drug-likeness (QED) is 0.554. The Morgan fingerprint density at radius 1 is 1.37 bits per heavy atom. The number of nitrogens with one attached hydrogen (secondary N) is 2. The molecule has 0 aromatic heterocycles. The highest BCUT2D eigenvalue weighted by Crippen LogP contribution is 2.15. The van der Waals surface area contributed by atoms with Crippen LogP contribution < -0.4 is 16.6 Å². The molecule has 1 aromatic rings. The topological polar surface area (TPSA) is 70.4 Å². The molecule has 0 spiro atoms. The van der Waals surface area contributed by atoms with E-state index >= 15 is 0 Å². The summed E-state index contributed by atoms with van der Waals surface area (Å²) in [5, 5.41) is 2.97. The molecular formula is C14H24N4O. The molecule has 0 aliphatic heterocycles. The first kappa shape index (κ1) is 15.5. The van der Waals surface area contributed by atoms with Gasteiger partial charge in [-0.25, -0.2) is 0 Å². The van der Waals surface area contributed by atoms with Gasteiger partial charge in [-0.15, -0.1) is 0 Å². The van der Waals surface area contributed by atoms with E-state index in [9.17, 15) is 4.79 Å². The number of amides is 1. The fourth-order valence-electron chi connectivity index (χ4n) is 1.56. The molecule has 1 rings (SSSR count). The maximum absolute atomic E-state index is 12.2. The van der Waals surface area contributed by atoms with Crippen molar-refractivity contribution in [2.45, 2.75) is 26.3 Å². The molecule has 0 unspecified atom stereocenters. The van der Waals surface area contributed by atoms with E-state index in [-0.39, 0.29) is 11.4 Å². The summed E-state index contributed by atoms with van der Waals surface area (Å²) in [7, 11) is 4.00. The maximum atomic E-state index is 12.2. The Morgan fingerprint density at radius 2 is 2.00 bits per heavy atom. The summed E-state index contributed by atoms with van der Waals surface area (Å²) in [6.45, 7) is 6.66. The van der Waals surface area contributed by atoms with E-state index in [1.165, 1.54) is 0 Å². The van der Waals surface area contributed by atoms with Crippen LogP contribution >= 0.6 is 0 Å². The molecule has 0 heterocycles. The monoisotopic (exact) mass is 264 g/mol. The normalized spacial score (nSPS) is 11.5. The van der Waals surface area contributed by atoms with Crippen molar-refractivity contribution < 1.29 is 4.79 Å². The van der Waals surface area contributed by atoms with Gasteiger partial charge in [0.25, 0.3) is 5.91 Å². The van der Waals surface area contributed by atoms with Gasteiger partial charge in [0.05, 0.1) is 0 Å². The van der Waals surface area contributed by atoms with Crippen LogP contribution in [0.15, 0.2) is 18.2 Å². The van der Waals surface area contributed by atoms with Crippen LogP contribution in [0.25, 0.3) is 0 Å². The van der Waals surface area contributed by atoms with Crippen LogP contribution in [0.4, 0.5) is 5.69 Å². The number of benzene rings is 1. The highest BCUT2D eigenvalue weighted by Gasteiger charge is 2.21.